The van der Waals surface area contributed by atoms with Crippen molar-refractivity contribution in [3.63, 3.8) is 0 Å². The van der Waals surface area contributed by atoms with Gasteiger partial charge in [-0.25, -0.2) is 5.01 Å². The van der Waals surface area contributed by atoms with Crippen LogP contribution < -0.4 is 5.01 Å². The number of benzene rings is 1. The van der Waals surface area contributed by atoms with Gasteiger partial charge in [0, 0.05) is 49.6 Å². The summed E-state index contributed by atoms with van der Waals surface area (Å²) in [5.41, 5.74) is 2.47. The van der Waals surface area contributed by atoms with Crippen LogP contribution in [0.2, 0.25) is 0 Å². The van der Waals surface area contributed by atoms with Crippen molar-refractivity contribution < 1.29 is 9.72 Å². The zero-order valence-corrected chi connectivity index (χ0v) is 16.3. The van der Waals surface area contributed by atoms with Gasteiger partial charge in [0.2, 0.25) is 5.91 Å². The number of carbonyl (C=O) groups excluding carboxylic acids is 1. The molecule has 0 radical (unpaired) electrons. The molecule has 2 aromatic heterocycles. The van der Waals surface area contributed by atoms with Crippen LogP contribution in [0.25, 0.3) is 0 Å². The molecule has 0 aliphatic carbocycles. The van der Waals surface area contributed by atoms with Crippen molar-refractivity contribution in [3.05, 3.63) is 94.6 Å². The van der Waals surface area contributed by atoms with Gasteiger partial charge in [0.15, 0.2) is 0 Å². The highest BCUT2D eigenvalue weighted by atomic mass is 16.6. The zero-order chi connectivity index (χ0) is 21.2. The Hall–Kier alpha value is -3.94. The maximum Gasteiger partial charge on any atom is 0.269 e. The number of anilines is 1. The van der Waals surface area contributed by atoms with Crippen LogP contribution in [0, 0.1) is 10.1 Å². The molecule has 0 N–H and O–H groups in total. The van der Waals surface area contributed by atoms with E-state index in [9.17, 15) is 14.9 Å². The van der Waals surface area contributed by atoms with Crippen molar-refractivity contribution in [1.29, 1.82) is 0 Å². The molecule has 2 heterocycles. The van der Waals surface area contributed by atoms with Crippen LogP contribution in [-0.2, 0) is 17.6 Å². The summed E-state index contributed by atoms with van der Waals surface area (Å²) < 4.78 is 0. The van der Waals surface area contributed by atoms with Gasteiger partial charge < -0.3 is 0 Å². The summed E-state index contributed by atoms with van der Waals surface area (Å²) in [6, 6.07) is 13.4. The molecule has 3 aromatic rings. The summed E-state index contributed by atoms with van der Waals surface area (Å²) in [6.07, 6.45) is 10.7. The average Bonchev–Trinajstić information content (AvgIpc) is 2.79. The van der Waals surface area contributed by atoms with Gasteiger partial charge in [-0.3, -0.25) is 24.9 Å². The minimum absolute atomic E-state index is 0.0398. The summed E-state index contributed by atoms with van der Waals surface area (Å²) >= 11 is 0. The second kappa shape index (κ2) is 10.6. The van der Waals surface area contributed by atoms with E-state index in [1.807, 2.05) is 24.3 Å². The van der Waals surface area contributed by atoms with E-state index in [2.05, 4.69) is 15.1 Å². The van der Waals surface area contributed by atoms with Crippen LogP contribution in [0.4, 0.5) is 11.4 Å². The molecule has 30 heavy (non-hydrogen) atoms. The molecular formula is C22H21N5O3. The van der Waals surface area contributed by atoms with Gasteiger partial charge >= 0.3 is 0 Å². The van der Waals surface area contributed by atoms with Gasteiger partial charge in [-0.15, -0.1) is 0 Å². The first-order chi connectivity index (χ1) is 14.6. The van der Waals surface area contributed by atoms with E-state index < -0.39 is 4.92 Å². The topological polar surface area (TPSA) is 102 Å². The van der Waals surface area contributed by atoms with Gasteiger partial charge in [-0.05, 0) is 54.7 Å². The number of aromatic nitrogens is 2. The molecule has 0 saturated heterocycles. The number of non-ortho nitro benzene ring substituents is 1. The fourth-order valence-electron chi connectivity index (χ4n) is 2.81. The van der Waals surface area contributed by atoms with Crippen molar-refractivity contribution in [2.75, 3.05) is 5.01 Å². The fraction of sp³-hybridized carbons (Fsp3) is 0.182. The Kier molecular flexibility index (Phi) is 7.32. The first kappa shape index (κ1) is 20.8. The predicted octanol–water partition coefficient (Wildman–Crippen LogP) is 3.97. The highest BCUT2D eigenvalue weighted by Crippen LogP contribution is 2.21. The van der Waals surface area contributed by atoms with Crippen molar-refractivity contribution in [3.8, 4) is 0 Å². The molecule has 152 valence electrons. The normalized spacial score (nSPS) is 10.8. The van der Waals surface area contributed by atoms with Crippen molar-refractivity contribution >= 4 is 23.5 Å². The second-order valence-electron chi connectivity index (χ2n) is 6.54. The molecule has 0 bridgehead atoms. The molecule has 0 unspecified atom stereocenters. The summed E-state index contributed by atoms with van der Waals surface area (Å²) in [5.74, 6) is -0.203. The van der Waals surface area contributed by atoms with E-state index in [1.54, 1.807) is 31.0 Å². The smallest absolute Gasteiger partial charge is 0.269 e. The van der Waals surface area contributed by atoms with Crippen LogP contribution in [0.5, 0.6) is 0 Å². The average molecular weight is 403 g/mol. The minimum Gasteiger partial charge on any atom is -0.273 e. The lowest BCUT2D eigenvalue weighted by Gasteiger charge is -2.17. The maximum absolute atomic E-state index is 12.8. The molecule has 0 spiro atoms. The first-order valence-corrected chi connectivity index (χ1v) is 9.51. The Morgan fingerprint density at radius 3 is 2.20 bits per heavy atom. The van der Waals surface area contributed by atoms with E-state index in [1.165, 1.54) is 29.3 Å². The quantitative estimate of drug-likeness (QED) is 0.306. The van der Waals surface area contributed by atoms with Crippen LogP contribution >= 0.6 is 0 Å². The van der Waals surface area contributed by atoms with Crippen LogP contribution in [0.1, 0.15) is 24.0 Å². The standard InChI is InChI=1S/C22H21N5O3/c28-22(12-7-19-5-2-14-24-17-19)26(20-8-10-21(11-9-20)27(29)30)25-15-3-6-18-4-1-13-23-16-18/h1-2,4-5,8-11,13-17H,3,6-7,12H2. The minimum atomic E-state index is -0.477. The molecule has 1 amide bonds. The number of nitrogens with zero attached hydrogens (tertiary/aromatic N) is 5. The number of nitro benzene ring substituents is 1. The molecule has 0 aliphatic rings. The predicted molar refractivity (Wildman–Crippen MR) is 114 cm³/mol. The van der Waals surface area contributed by atoms with E-state index in [-0.39, 0.29) is 18.0 Å². The number of nitro groups is 1. The Morgan fingerprint density at radius 1 is 1.00 bits per heavy atom. The van der Waals surface area contributed by atoms with Crippen molar-refractivity contribution in [2.24, 2.45) is 5.10 Å². The number of amides is 1. The number of pyridine rings is 2. The zero-order valence-electron chi connectivity index (χ0n) is 16.3. The lowest BCUT2D eigenvalue weighted by atomic mass is 10.1. The molecule has 3 rings (SSSR count). The number of hydrazone groups is 1. The van der Waals surface area contributed by atoms with E-state index in [0.29, 0.717) is 18.5 Å². The molecule has 0 fully saturated rings. The van der Waals surface area contributed by atoms with Crippen LogP contribution in [0.15, 0.2) is 78.4 Å². The lowest BCUT2D eigenvalue weighted by Crippen LogP contribution is -2.26. The van der Waals surface area contributed by atoms with E-state index in [4.69, 9.17) is 0 Å². The van der Waals surface area contributed by atoms with E-state index >= 15 is 0 Å². The number of carbonyl (C=O) groups is 1. The Bertz CT molecular complexity index is 992. The Morgan fingerprint density at radius 2 is 1.63 bits per heavy atom. The summed E-state index contributed by atoms with van der Waals surface area (Å²) in [5, 5.41) is 16.5. The van der Waals surface area contributed by atoms with Gasteiger partial charge in [-0.1, -0.05) is 12.1 Å². The molecule has 8 heteroatoms. The number of rotatable bonds is 9. The maximum atomic E-state index is 12.8. The van der Waals surface area contributed by atoms with Crippen molar-refractivity contribution in [1.82, 2.24) is 9.97 Å². The van der Waals surface area contributed by atoms with E-state index in [0.717, 1.165) is 17.5 Å². The number of hydrogen-bond donors (Lipinski definition) is 0. The van der Waals surface area contributed by atoms with Gasteiger partial charge in [-0.2, -0.15) is 5.10 Å². The largest absolute Gasteiger partial charge is 0.273 e. The van der Waals surface area contributed by atoms with Gasteiger partial charge in [0.05, 0.1) is 10.6 Å². The fourth-order valence-corrected chi connectivity index (χ4v) is 2.81. The highest BCUT2D eigenvalue weighted by molar-refractivity contribution is 5.94. The number of hydrogen-bond acceptors (Lipinski definition) is 6. The molecule has 0 aliphatic heterocycles. The highest BCUT2D eigenvalue weighted by Gasteiger charge is 2.16. The Labute approximate surface area is 174 Å². The third-order valence-corrected chi connectivity index (χ3v) is 4.37. The first-order valence-electron chi connectivity index (χ1n) is 9.51. The molecule has 8 nitrogen and oxygen atoms in total. The van der Waals surface area contributed by atoms with Gasteiger partial charge in [0.1, 0.15) is 0 Å². The number of aryl methyl sites for hydroxylation is 2. The van der Waals surface area contributed by atoms with Crippen molar-refractivity contribution in [2.45, 2.75) is 25.7 Å². The summed E-state index contributed by atoms with van der Waals surface area (Å²) in [4.78, 5) is 31.4. The third kappa shape index (κ3) is 6.03. The Balaban J connectivity index is 1.70. The molecule has 1 aromatic carbocycles. The third-order valence-electron chi connectivity index (χ3n) is 4.37. The SMILES string of the molecule is O=C(CCc1cccnc1)N(N=CCCc1cccnc1)c1ccc([N+](=O)[O-])cc1. The second-order valence-corrected chi connectivity index (χ2v) is 6.54. The molecule has 0 saturated carbocycles. The molecular weight excluding hydrogens is 382 g/mol. The molecule has 0 atom stereocenters. The summed E-state index contributed by atoms with van der Waals surface area (Å²) in [7, 11) is 0. The van der Waals surface area contributed by atoms with Crippen LogP contribution in [0.3, 0.4) is 0 Å². The monoisotopic (exact) mass is 403 g/mol. The lowest BCUT2D eigenvalue weighted by molar-refractivity contribution is -0.384. The van der Waals surface area contributed by atoms with Crippen LogP contribution in [-0.4, -0.2) is 27.0 Å². The van der Waals surface area contributed by atoms with Gasteiger partial charge in [0.25, 0.3) is 5.69 Å². The summed E-state index contributed by atoms with van der Waals surface area (Å²) in [6.45, 7) is 0.